The van der Waals surface area contributed by atoms with Crippen molar-refractivity contribution in [1.82, 2.24) is 9.88 Å². The lowest BCUT2D eigenvalue weighted by Crippen LogP contribution is -2.50. The second kappa shape index (κ2) is 13.3. The molecule has 0 unspecified atom stereocenters. The Bertz CT molecular complexity index is 1540. The summed E-state index contributed by atoms with van der Waals surface area (Å²) in [7, 11) is 0. The lowest BCUT2D eigenvalue weighted by Gasteiger charge is -2.36. The van der Waals surface area contributed by atoms with Crippen LogP contribution in [0.25, 0.3) is 0 Å². The highest BCUT2D eigenvalue weighted by Crippen LogP contribution is 2.38. The van der Waals surface area contributed by atoms with Crippen LogP contribution < -0.4 is 20.3 Å². The van der Waals surface area contributed by atoms with Crippen LogP contribution in [-0.2, 0) is 12.4 Å². The lowest BCUT2D eigenvalue weighted by atomic mass is 9.92. The molecule has 10 nitrogen and oxygen atoms in total. The van der Waals surface area contributed by atoms with E-state index in [1.54, 1.807) is 17.3 Å². The number of alkyl halides is 6. The number of rotatable bonds is 7. The van der Waals surface area contributed by atoms with E-state index in [1.807, 2.05) is 11.0 Å². The molecule has 3 aromatic rings. The van der Waals surface area contributed by atoms with E-state index in [9.17, 15) is 41.3 Å². The summed E-state index contributed by atoms with van der Waals surface area (Å²) in [6.45, 7) is 1.77. The van der Waals surface area contributed by atoms with Crippen LogP contribution in [0.3, 0.4) is 0 Å². The average molecular weight is 653 g/mol. The highest BCUT2D eigenvalue weighted by molar-refractivity contribution is 5.89. The molecule has 16 heteroatoms. The van der Waals surface area contributed by atoms with Gasteiger partial charge in [-0.25, -0.2) is 4.79 Å². The quantitative estimate of drug-likeness (QED) is 0.158. The number of halogens is 6. The molecule has 46 heavy (non-hydrogen) atoms. The summed E-state index contributed by atoms with van der Waals surface area (Å²) in [6.07, 6.45) is -3.66. The van der Waals surface area contributed by atoms with Crippen LogP contribution in [-0.4, -0.2) is 59.2 Å². The van der Waals surface area contributed by atoms with Gasteiger partial charge in [-0.3, -0.25) is 15.1 Å². The number of nitrogens with zero attached hydrogens (tertiary/aromatic N) is 4. The van der Waals surface area contributed by atoms with Gasteiger partial charge in [0.1, 0.15) is 11.3 Å². The smallest absolute Gasteiger partial charge is 0.423 e. The maximum Gasteiger partial charge on any atom is 0.423 e. The van der Waals surface area contributed by atoms with Gasteiger partial charge in [-0.05, 0) is 62.1 Å². The summed E-state index contributed by atoms with van der Waals surface area (Å²) in [6, 6.07) is 8.47. The predicted molar refractivity (Wildman–Crippen MR) is 157 cm³/mol. The molecule has 2 heterocycles. The van der Waals surface area contributed by atoms with Gasteiger partial charge in [0.25, 0.3) is 5.69 Å². The second-order valence-corrected chi connectivity index (χ2v) is 11.1. The van der Waals surface area contributed by atoms with Crippen LogP contribution in [0, 0.1) is 10.1 Å². The zero-order valence-corrected chi connectivity index (χ0v) is 24.3. The van der Waals surface area contributed by atoms with E-state index in [1.165, 1.54) is 18.2 Å². The molecule has 1 saturated carbocycles. The fourth-order valence-corrected chi connectivity index (χ4v) is 5.52. The van der Waals surface area contributed by atoms with E-state index in [4.69, 9.17) is 4.74 Å². The van der Waals surface area contributed by atoms with Crippen LogP contribution in [0.2, 0.25) is 0 Å². The van der Waals surface area contributed by atoms with Crippen molar-refractivity contribution in [2.24, 2.45) is 0 Å². The van der Waals surface area contributed by atoms with Crippen molar-refractivity contribution in [3.05, 3.63) is 82.2 Å². The average Bonchev–Trinajstić information content (AvgIpc) is 3.01. The van der Waals surface area contributed by atoms with Gasteiger partial charge in [-0.1, -0.05) is 0 Å². The number of benzene rings is 2. The number of nitrogens with one attached hydrogen (secondary N) is 2. The molecular weight excluding hydrogens is 622 g/mol. The summed E-state index contributed by atoms with van der Waals surface area (Å²) in [4.78, 5) is 30.5. The number of carbonyl (C=O) groups excluding carboxylic acids is 1. The van der Waals surface area contributed by atoms with Crippen molar-refractivity contribution in [1.29, 1.82) is 0 Å². The van der Waals surface area contributed by atoms with Crippen molar-refractivity contribution in [2.75, 3.05) is 41.7 Å². The number of ether oxygens (including phenoxy) is 1. The Morgan fingerprint density at radius 2 is 1.52 bits per heavy atom. The number of urea groups is 1. The molecule has 0 radical (unpaired) electrons. The van der Waals surface area contributed by atoms with Crippen molar-refractivity contribution in [3.63, 3.8) is 0 Å². The molecule has 246 valence electrons. The van der Waals surface area contributed by atoms with E-state index >= 15 is 0 Å². The fourth-order valence-electron chi connectivity index (χ4n) is 5.52. The van der Waals surface area contributed by atoms with Gasteiger partial charge in [0, 0.05) is 55.7 Å². The van der Waals surface area contributed by atoms with E-state index in [-0.39, 0.29) is 23.5 Å². The molecule has 5 rings (SSSR count). The molecule has 2 amide bonds. The van der Waals surface area contributed by atoms with Gasteiger partial charge >= 0.3 is 18.4 Å². The van der Waals surface area contributed by atoms with Crippen molar-refractivity contribution < 1.29 is 40.8 Å². The topological polar surface area (TPSA) is 113 Å². The summed E-state index contributed by atoms with van der Waals surface area (Å²) in [5, 5.41) is 16.7. The minimum absolute atomic E-state index is 0.125. The summed E-state index contributed by atoms with van der Waals surface area (Å²) in [5.41, 5.74) is -1.86. The normalized spacial score (nSPS) is 19.0. The fraction of sp³-hybridized carbons (Fsp3) is 0.400. The zero-order chi connectivity index (χ0) is 33.1. The molecule has 2 N–H and O–H groups in total. The Morgan fingerprint density at radius 1 is 0.870 bits per heavy atom. The van der Waals surface area contributed by atoms with Crippen molar-refractivity contribution in [3.8, 4) is 5.75 Å². The Balaban J connectivity index is 1.09. The first-order valence-corrected chi connectivity index (χ1v) is 14.5. The monoisotopic (exact) mass is 652 g/mol. The number of piperazine rings is 1. The SMILES string of the molecule is O=C(Nc1ccc(C(F)(F)F)cc1)N1CCN(c2cncc(OC3CCC(Nc4ccc([N+](=O)[O-])c(C(F)(F)F)c4)CC3)c2)CC1. The van der Waals surface area contributed by atoms with E-state index in [2.05, 4.69) is 15.6 Å². The molecule has 0 atom stereocenters. The standard InChI is InChI=1S/C30H30F6N6O4/c31-29(32,33)19-1-3-21(4-2-19)39-28(43)41-13-11-40(12-14-41)23-16-25(18-37-17-23)46-24-8-5-20(6-9-24)38-22-7-10-27(42(44)45)26(15-22)30(34,35)36/h1-4,7,10,15-18,20,24,38H,5-6,8-9,11-14H2,(H,39,43). The van der Waals surface area contributed by atoms with Crippen LogP contribution in [0.1, 0.15) is 36.8 Å². The molecule has 0 bridgehead atoms. The number of anilines is 3. The number of nitro groups is 1. The molecule has 2 aliphatic rings. The first-order valence-electron chi connectivity index (χ1n) is 14.5. The third kappa shape index (κ3) is 8.09. The number of hydrogen-bond acceptors (Lipinski definition) is 7. The first-order chi connectivity index (χ1) is 21.8. The molecule has 2 aromatic carbocycles. The summed E-state index contributed by atoms with van der Waals surface area (Å²) < 4.78 is 84.5. The molecule has 1 aromatic heterocycles. The maximum atomic E-state index is 13.3. The van der Waals surface area contributed by atoms with Gasteiger partial charge in [0.15, 0.2) is 0 Å². The summed E-state index contributed by atoms with van der Waals surface area (Å²) in [5.74, 6) is 0.557. The Morgan fingerprint density at radius 3 is 2.13 bits per heavy atom. The molecule has 0 spiro atoms. The Hall–Kier alpha value is -4.76. The van der Waals surface area contributed by atoms with Gasteiger partial charge in [0.2, 0.25) is 0 Å². The highest BCUT2D eigenvalue weighted by atomic mass is 19.4. The third-order valence-corrected chi connectivity index (χ3v) is 7.94. The zero-order valence-electron chi connectivity index (χ0n) is 24.3. The second-order valence-electron chi connectivity index (χ2n) is 11.1. The molecular formula is C30H30F6N6O4. The van der Waals surface area contributed by atoms with Gasteiger partial charge in [-0.2, -0.15) is 26.3 Å². The first kappa shape index (κ1) is 32.6. The highest BCUT2D eigenvalue weighted by Gasteiger charge is 2.38. The minimum Gasteiger partial charge on any atom is -0.489 e. The van der Waals surface area contributed by atoms with E-state index < -0.39 is 40.1 Å². The van der Waals surface area contributed by atoms with Gasteiger partial charge in [-0.15, -0.1) is 0 Å². The lowest BCUT2D eigenvalue weighted by molar-refractivity contribution is -0.388. The van der Waals surface area contributed by atoms with E-state index in [0.717, 1.165) is 30.0 Å². The van der Waals surface area contributed by atoms with Crippen molar-refractivity contribution in [2.45, 2.75) is 50.2 Å². The van der Waals surface area contributed by atoms with Crippen LogP contribution in [0.15, 0.2) is 60.9 Å². The number of hydrogen-bond donors (Lipinski definition) is 2. The largest absolute Gasteiger partial charge is 0.489 e. The van der Waals surface area contributed by atoms with Gasteiger partial charge < -0.3 is 25.2 Å². The Labute approximate surface area is 259 Å². The van der Waals surface area contributed by atoms with Crippen LogP contribution in [0.4, 0.5) is 53.9 Å². The summed E-state index contributed by atoms with van der Waals surface area (Å²) >= 11 is 0. The number of amides is 2. The number of pyridine rings is 1. The third-order valence-electron chi connectivity index (χ3n) is 7.94. The molecule has 1 saturated heterocycles. The van der Waals surface area contributed by atoms with Crippen LogP contribution in [0.5, 0.6) is 5.75 Å². The minimum atomic E-state index is -4.85. The number of carbonyl (C=O) groups is 1. The number of nitro benzene ring substituents is 1. The van der Waals surface area contributed by atoms with Gasteiger partial charge in [0.05, 0.1) is 34.7 Å². The maximum absolute atomic E-state index is 13.3. The molecule has 1 aliphatic heterocycles. The molecule has 2 fully saturated rings. The number of aromatic nitrogens is 1. The van der Waals surface area contributed by atoms with E-state index in [0.29, 0.717) is 57.6 Å². The van der Waals surface area contributed by atoms with Crippen molar-refractivity contribution >= 4 is 28.8 Å². The molecule has 1 aliphatic carbocycles. The predicted octanol–water partition coefficient (Wildman–Crippen LogP) is 7.18. The van der Waals surface area contributed by atoms with Crippen LogP contribution >= 0.6 is 0 Å². The Kier molecular flexibility index (Phi) is 9.44.